The molecule has 18 heavy (non-hydrogen) atoms. The van der Waals surface area contributed by atoms with Gasteiger partial charge in [0.05, 0.1) is 0 Å². The number of carbonyl (C=O) groups is 2. The van der Waals surface area contributed by atoms with Gasteiger partial charge in [-0.25, -0.2) is 0 Å². The van der Waals surface area contributed by atoms with Crippen LogP contribution in [0.2, 0.25) is 0 Å². The Morgan fingerprint density at radius 3 is 2.44 bits per heavy atom. The van der Waals surface area contributed by atoms with E-state index in [0.717, 1.165) is 32.2 Å². The van der Waals surface area contributed by atoms with E-state index in [4.69, 9.17) is 4.74 Å². The Morgan fingerprint density at radius 2 is 1.83 bits per heavy atom. The molecule has 0 bridgehead atoms. The van der Waals surface area contributed by atoms with Crippen LogP contribution in [0.3, 0.4) is 0 Å². The highest BCUT2D eigenvalue weighted by Crippen LogP contribution is 2.12. The minimum Gasteiger partial charge on any atom is -0.484 e. The first kappa shape index (κ1) is 12.6. The maximum Gasteiger partial charge on any atom is 0.260 e. The third-order valence-corrected chi connectivity index (χ3v) is 3.09. The Kier molecular flexibility index (Phi) is 4.34. The maximum atomic E-state index is 11.8. The highest BCUT2D eigenvalue weighted by molar-refractivity contribution is 5.78. The van der Waals surface area contributed by atoms with Crippen molar-refractivity contribution >= 4 is 12.2 Å². The van der Waals surface area contributed by atoms with Crippen LogP contribution in [0.4, 0.5) is 0 Å². The number of amides is 1. The summed E-state index contributed by atoms with van der Waals surface area (Å²) in [7, 11) is 0. The summed E-state index contributed by atoms with van der Waals surface area (Å²) < 4.78 is 5.41. The van der Waals surface area contributed by atoms with Gasteiger partial charge in [-0.1, -0.05) is 0 Å². The predicted molar refractivity (Wildman–Crippen MR) is 67.8 cm³/mol. The van der Waals surface area contributed by atoms with Crippen molar-refractivity contribution in [3.05, 3.63) is 29.8 Å². The van der Waals surface area contributed by atoms with Crippen LogP contribution in [0, 0.1) is 0 Å². The summed E-state index contributed by atoms with van der Waals surface area (Å²) in [5.74, 6) is 0.653. The fourth-order valence-electron chi connectivity index (χ4n) is 2.02. The molecule has 0 spiro atoms. The van der Waals surface area contributed by atoms with Gasteiger partial charge in [0.1, 0.15) is 12.0 Å². The van der Waals surface area contributed by atoms with Crippen LogP contribution < -0.4 is 4.74 Å². The smallest absolute Gasteiger partial charge is 0.260 e. The number of hydrogen-bond acceptors (Lipinski definition) is 3. The van der Waals surface area contributed by atoms with E-state index >= 15 is 0 Å². The molecule has 0 aliphatic carbocycles. The number of likely N-dealkylation sites (tertiary alicyclic amines) is 1. The lowest BCUT2D eigenvalue weighted by atomic mass is 10.1. The number of benzene rings is 1. The molecule has 4 heteroatoms. The highest BCUT2D eigenvalue weighted by Gasteiger charge is 2.16. The van der Waals surface area contributed by atoms with Gasteiger partial charge in [-0.05, 0) is 43.5 Å². The molecule has 1 heterocycles. The van der Waals surface area contributed by atoms with E-state index in [1.807, 2.05) is 4.90 Å². The fourth-order valence-corrected chi connectivity index (χ4v) is 2.02. The lowest BCUT2D eigenvalue weighted by molar-refractivity contribution is -0.134. The molecule has 0 unspecified atom stereocenters. The molecule has 1 amide bonds. The van der Waals surface area contributed by atoms with Gasteiger partial charge in [0.2, 0.25) is 0 Å². The second kappa shape index (κ2) is 6.19. The van der Waals surface area contributed by atoms with Gasteiger partial charge in [-0.3, -0.25) is 9.59 Å². The van der Waals surface area contributed by atoms with Gasteiger partial charge in [0, 0.05) is 18.7 Å². The third kappa shape index (κ3) is 3.32. The van der Waals surface area contributed by atoms with Crippen LogP contribution in [0.15, 0.2) is 24.3 Å². The van der Waals surface area contributed by atoms with Crippen molar-refractivity contribution in [3.8, 4) is 5.75 Å². The fraction of sp³-hybridized carbons (Fsp3) is 0.429. The van der Waals surface area contributed by atoms with Gasteiger partial charge in [-0.15, -0.1) is 0 Å². The van der Waals surface area contributed by atoms with Crippen LogP contribution >= 0.6 is 0 Å². The molecule has 2 rings (SSSR count). The SMILES string of the molecule is O=Cc1ccc(OCC(=O)N2CCCCC2)cc1. The first-order valence-corrected chi connectivity index (χ1v) is 6.25. The number of aldehydes is 1. The molecule has 96 valence electrons. The number of piperidine rings is 1. The summed E-state index contributed by atoms with van der Waals surface area (Å²) in [4.78, 5) is 24.2. The number of rotatable bonds is 4. The Bertz CT molecular complexity index is 408. The Labute approximate surface area is 107 Å². The largest absolute Gasteiger partial charge is 0.484 e. The molecule has 1 aromatic carbocycles. The van der Waals surface area contributed by atoms with E-state index in [1.165, 1.54) is 6.42 Å². The molecule has 0 saturated carbocycles. The van der Waals surface area contributed by atoms with Crippen LogP contribution in [-0.4, -0.2) is 36.8 Å². The van der Waals surface area contributed by atoms with Gasteiger partial charge >= 0.3 is 0 Å². The molecule has 0 N–H and O–H groups in total. The summed E-state index contributed by atoms with van der Waals surface area (Å²) in [6.45, 7) is 1.75. The summed E-state index contributed by atoms with van der Waals surface area (Å²) in [5, 5.41) is 0. The van der Waals surface area contributed by atoms with E-state index in [-0.39, 0.29) is 12.5 Å². The average molecular weight is 247 g/mol. The zero-order chi connectivity index (χ0) is 12.8. The summed E-state index contributed by atoms with van der Waals surface area (Å²) >= 11 is 0. The molecule has 1 saturated heterocycles. The first-order valence-electron chi connectivity index (χ1n) is 6.25. The zero-order valence-electron chi connectivity index (χ0n) is 10.3. The van der Waals surface area contributed by atoms with Crippen molar-refractivity contribution in [2.24, 2.45) is 0 Å². The first-order chi connectivity index (χ1) is 8.79. The average Bonchev–Trinajstić information content (AvgIpc) is 2.46. The zero-order valence-corrected chi connectivity index (χ0v) is 10.3. The molecular weight excluding hydrogens is 230 g/mol. The third-order valence-electron chi connectivity index (χ3n) is 3.09. The standard InChI is InChI=1S/C14H17NO3/c16-10-12-4-6-13(7-5-12)18-11-14(17)15-8-2-1-3-9-15/h4-7,10H,1-3,8-9,11H2. The number of hydrogen-bond donors (Lipinski definition) is 0. The summed E-state index contributed by atoms with van der Waals surface area (Å²) in [6, 6.07) is 6.75. The topological polar surface area (TPSA) is 46.6 Å². The van der Waals surface area contributed by atoms with Crippen molar-refractivity contribution in [3.63, 3.8) is 0 Å². The van der Waals surface area contributed by atoms with Crippen molar-refractivity contribution in [2.75, 3.05) is 19.7 Å². The van der Waals surface area contributed by atoms with Crippen molar-refractivity contribution in [2.45, 2.75) is 19.3 Å². The normalized spacial score (nSPS) is 15.2. The Morgan fingerprint density at radius 1 is 1.17 bits per heavy atom. The quantitative estimate of drug-likeness (QED) is 0.763. The van der Waals surface area contributed by atoms with E-state index < -0.39 is 0 Å². The van der Waals surface area contributed by atoms with E-state index in [2.05, 4.69) is 0 Å². The van der Waals surface area contributed by atoms with E-state index in [1.54, 1.807) is 24.3 Å². The summed E-state index contributed by atoms with van der Waals surface area (Å²) in [5.41, 5.74) is 0.602. The van der Waals surface area contributed by atoms with Crippen molar-refractivity contribution in [1.82, 2.24) is 4.90 Å². The van der Waals surface area contributed by atoms with Gasteiger partial charge in [0.25, 0.3) is 5.91 Å². The van der Waals surface area contributed by atoms with E-state index in [9.17, 15) is 9.59 Å². The van der Waals surface area contributed by atoms with Gasteiger partial charge in [0.15, 0.2) is 6.61 Å². The van der Waals surface area contributed by atoms with Crippen LogP contribution in [0.1, 0.15) is 29.6 Å². The predicted octanol–water partition coefficient (Wildman–Crippen LogP) is 1.89. The minimum atomic E-state index is 0.0363. The van der Waals surface area contributed by atoms with Gasteiger partial charge < -0.3 is 9.64 Å². The molecule has 0 radical (unpaired) electrons. The summed E-state index contributed by atoms with van der Waals surface area (Å²) in [6.07, 6.45) is 4.15. The molecule has 1 aromatic rings. The molecule has 4 nitrogen and oxygen atoms in total. The number of nitrogens with zero attached hydrogens (tertiary/aromatic N) is 1. The molecule has 0 aromatic heterocycles. The van der Waals surface area contributed by atoms with Crippen molar-refractivity contribution in [1.29, 1.82) is 0 Å². The lowest BCUT2D eigenvalue weighted by Gasteiger charge is -2.26. The number of carbonyl (C=O) groups excluding carboxylic acids is 2. The van der Waals surface area contributed by atoms with Crippen LogP contribution in [0.25, 0.3) is 0 Å². The maximum absolute atomic E-state index is 11.8. The second-order valence-electron chi connectivity index (χ2n) is 4.42. The number of ether oxygens (including phenoxy) is 1. The van der Waals surface area contributed by atoms with E-state index in [0.29, 0.717) is 11.3 Å². The van der Waals surface area contributed by atoms with Gasteiger partial charge in [-0.2, -0.15) is 0 Å². The second-order valence-corrected chi connectivity index (χ2v) is 4.42. The molecule has 1 aliphatic rings. The molecule has 1 fully saturated rings. The highest BCUT2D eigenvalue weighted by atomic mass is 16.5. The van der Waals surface area contributed by atoms with Crippen molar-refractivity contribution < 1.29 is 14.3 Å². The Hall–Kier alpha value is -1.84. The molecular formula is C14H17NO3. The van der Waals surface area contributed by atoms with Crippen LogP contribution in [0.5, 0.6) is 5.75 Å². The Balaban J connectivity index is 1.82. The monoisotopic (exact) mass is 247 g/mol. The lowest BCUT2D eigenvalue weighted by Crippen LogP contribution is -2.38. The molecule has 0 atom stereocenters. The van der Waals surface area contributed by atoms with Crippen LogP contribution in [-0.2, 0) is 4.79 Å². The minimum absolute atomic E-state index is 0.0363. The molecule has 1 aliphatic heterocycles.